The van der Waals surface area contributed by atoms with Gasteiger partial charge in [-0.25, -0.2) is 13.4 Å². The predicted molar refractivity (Wildman–Crippen MR) is 122 cm³/mol. The van der Waals surface area contributed by atoms with Gasteiger partial charge in [-0.2, -0.15) is 0 Å². The molecule has 7 heteroatoms. The van der Waals surface area contributed by atoms with Crippen LogP contribution >= 0.6 is 0 Å². The lowest BCUT2D eigenvalue weighted by Crippen LogP contribution is -2.06. The lowest BCUT2D eigenvalue weighted by atomic mass is 10.2. The molecule has 0 spiro atoms. The molecule has 0 amide bonds. The highest BCUT2D eigenvalue weighted by Gasteiger charge is 2.25. The van der Waals surface area contributed by atoms with Crippen molar-refractivity contribution >= 4 is 31.9 Å². The van der Waals surface area contributed by atoms with Crippen LogP contribution in [-0.4, -0.2) is 32.1 Å². The molecule has 31 heavy (non-hydrogen) atoms. The van der Waals surface area contributed by atoms with Crippen molar-refractivity contribution in [2.75, 3.05) is 13.7 Å². The average molecular weight is 435 g/mol. The van der Waals surface area contributed by atoms with E-state index in [0.29, 0.717) is 29.2 Å². The summed E-state index contributed by atoms with van der Waals surface area (Å²) in [5.41, 5.74) is 2.10. The second kappa shape index (κ2) is 8.65. The number of fused-ring (bicyclic) bond motifs is 1. The molecule has 0 saturated carbocycles. The molecule has 0 atom stereocenters. The zero-order valence-electron chi connectivity index (χ0n) is 17.2. The van der Waals surface area contributed by atoms with Gasteiger partial charge in [-0.1, -0.05) is 36.4 Å². The van der Waals surface area contributed by atoms with Crippen LogP contribution in [0.4, 0.5) is 0 Å². The number of hydrogen-bond donors (Lipinski definition) is 1. The molecule has 0 saturated heterocycles. The lowest BCUT2D eigenvalue weighted by molar-refractivity contribution is 0.311. The third-order valence-corrected chi connectivity index (χ3v) is 6.53. The first kappa shape index (κ1) is 20.7. The maximum atomic E-state index is 13.6. The molecule has 1 heterocycles. The number of sulfone groups is 1. The minimum Gasteiger partial charge on any atom is -0.493 e. The van der Waals surface area contributed by atoms with Crippen molar-refractivity contribution < 1.29 is 17.9 Å². The maximum Gasteiger partial charge on any atom is 0.210 e. The summed E-state index contributed by atoms with van der Waals surface area (Å²) in [6.45, 7) is 2.34. The van der Waals surface area contributed by atoms with E-state index in [1.807, 2.05) is 31.2 Å². The Morgan fingerprint density at radius 2 is 1.74 bits per heavy atom. The van der Waals surface area contributed by atoms with E-state index in [4.69, 9.17) is 9.47 Å². The number of imidazole rings is 1. The zero-order valence-corrected chi connectivity index (χ0v) is 18.0. The third kappa shape index (κ3) is 4.18. The molecule has 6 nitrogen and oxygen atoms in total. The number of aromatic nitrogens is 2. The van der Waals surface area contributed by atoms with Crippen LogP contribution in [0.15, 0.2) is 77.7 Å². The molecular formula is C24H22N2O4S. The van der Waals surface area contributed by atoms with Gasteiger partial charge < -0.3 is 14.5 Å². The fourth-order valence-corrected chi connectivity index (χ4v) is 4.68. The van der Waals surface area contributed by atoms with Gasteiger partial charge in [-0.3, -0.25) is 0 Å². The minimum absolute atomic E-state index is 0.0718. The van der Waals surface area contributed by atoms with Gasteiger partial charge >= 0.3 is 0 Å². The van der Waals surface area contributed by atoms with Crippen molar-refractivity contribution in [3.63, 3.8) is 0 Å². The quantitative estimate of drug-likeness (QED) is 0.445. The number of nitrogens with zero attached hydrogens (tertiary/aromatic N) is 1. The Kier molecular flexibility index (Phi) is 5.77. The number of ether oxygens (including phenoxy) is 2. The van der Waals surface area contributed by atoms with Gasteiger partial charge in [0.2, 0.25) is 9.84 Å². The van der Waals surface area contributed by atoms with Gasteiger partial charge in [0.05, 0.1) is 29.6 Å². The van der Waals surface area contributed by atoms with Crippen LogP contribution in [0.5, 0.6) is 11.5 Å². The van der Waals surface area contributed by atoms with Crippen molar-refractivity contribution in [3.8, 4) is 11.5 Å². The van der Waals surface area contributed by atoms with E-state index in [1.54, 1.807) is 61.7 Å². The molecule has 4 rings (SSSR count). The largest absolute Gasteiger partial charge is 0.493 e. The fraction of sp³-hybridized carbons (Fsp3) is 0.125. The van der Waals surface area contributed by atoms with Crippen LogP contribution in [0.1, 0.15) is 18.3 Å². The molecule has 0 aliphatic rings. The van der Waals surface area contributed by atoms with Crippen LogP contribution in [0.2, 0.25) is 0 Å². The number of rotatable bonds is 7. The summed E-state index contributed by atoms with van der Waals surface area (Å²) >= 11 is 0. The summed E-state index contributed by atoms with van der Waals surface area (Å²) < 4.78 is 38.1. The van der Waals surface area contributed by atoms with Crippen molar-refractivity contribution in [2.24, 2.45) is 0 Å². The second-order valence-corrected chi connectivity index (χ2v) is 8.69. The Labute approximate surface area is 181 Å². The topological polar surface area (TPSA) is 81.3 Å². The van der Waals surface area contributed by atoms with Crippen LogP contribution in [-0.2, 0) is 9.84 Å². The summed E-state index contributed by atoms with van der Waals surface area (Å²) in [5, 5.41) is 0. The Bertz CT molecular complexity index is 1310. The molecule has 0 bridgehead atoms. The SMILES string of the molecule is CCOc1cc(/C=C(\c2nc3ccccc3[nH]2)S(=O)(=O)c2ccccc2)ccc1OC. The number of para-hydroxylation sites is 2. The van der Waals surface area contributed by atoms with E-state index in [-0.39, 0.29) is 15.6 Å². The van der Waals surface area contributed by atoms with Gasteiger partial charge in [-0.05, 0) is 55.0 Å². The van der Waals surface area contributed by atoms with Gasteiger partial charge in [-0.15, -0.1) is 0 Å². The van der Waals surface area contributed by atoms with Gasteiger partial charge in [0.1, 0.15) is 10.7 Å². The molecule has 1 aromatic heterocycles. The Morgan fingerprint density at radius 1 is 1.00 bits per heavy atom. The highest BCUT2D eigenvalue weighted by atomic mass is 32.2. The van der Waals surface area contributed by atoms with E-state index >= 15 is 0 Å². The molecule has 3 aromatic carbocycles. The lowest BCUT2D eigenvalue weighted by Gasteiger charge is -2.11. The minimum atomic E-state index is -3.85. The Balaban J connectivity index is 1.91. The van der Waals surface area contributed by atoms with Gasteiger partial charge in [0.25, 0.3) is 0 Å². The highest BCUT2D eigenvalue weighted by Crippen LogP contribution is 2.33. The van der Waals surface area contributed by atoms with Crippen LogP contribution in [0, 0.1) is 0 Å². The maximum absolute atomic E-state index is 13.6. The second-order valence-electron chi connectivity index (χ2n) is 6.77. The summed E-state index contributed by atoms with van der Waals surface area (Å²) in [4.78, 5) is 7.94. The monoisotopic (exact) mass is 434 g/mol. The molecule has 158 valence electrons. The van der Waals surface area contributed by atoms with Crippen molar-refractivity contribution in [1.82, 2.24) is 9.97 Å². The number of methoxy groups -OCH3 is 1. The summed E-state index contributed by atoms with van der Waals surface area (Å²) in [5.74, 6) is 1.40. The van der Waals surface area contributed by atoms with Crippen LogP contribution < -0.4 is 9.47 Å². The number of H-pyrrole nitrogens is 1. The van der Waals surface area contributed by atoms with E-state index in [0.717, 1.165) is 5.52 Å². The summed E-state index contributed by atoms with van der Waals surface area (Å²) in [7, 11) is -2.28. The van der Waals surface area contributed by atoms with Crippen molar-refractivity contribution in [1.29, 1.82) is 0 Å². The average Bonchev–Trinajstić information content (AvgIpc) is 3.22. The normalized spacial score (nSPS) is 12.1. The van der Waals surface area contributed by atoms with Crippen LogP contribution in [0.25, 0.3) is 22.0 Å². The molecule has 0 unspecified atom stereocenters. The van der Waals surface area contributed by atoms with Crippen molar-refractivity contribution in [2.45, 2.75) is 11.8 Å². The molecule has 1 N–H and O–H groups in total. The molecule has 0 aliphatic carbocycles. The molecule has 0 radical (unpaired) electrons. The molecule has 0 fully saturated rings. The number of aromatic amines is 1. The number of benzene rings is 3. The summed E-state index contributed by atoms with van der Waals surface area (Å²) in [6, 6.07) is 21.0. The number of nitrogens with one attached hydrogen (secondary N) is 1. The van der Waals surface area contributed by atoms with Gasteiger partial charge in [0.15, 0.2) is 11.5 Å². The summed E-state index contributed by atoms with van der Waals surface area (Å²) in [6.07, 6.45) is 1.60. The van der Waals surface area contributed by atoms with E-state index in [2.05, 4.69) is 9.97 Å². The molecule has 0 aliphatic heterocycles. The fourth-order valence-electron chi connectivity index (χ4n) is 3.27. The highest BCUT2D eigenvalue weighted by molar-refractivity contribution is 8.00. The Morgan fingerprint density at radius 3 is 2.45 bits per heavy atom. The molecular weight excluding hydrogens is 412 g/mol. The first-order chi connectivity index (χ1) is 15.0. The van der Waals surface area contributed by atoms with Crippen LogP contribution in [0.3, 0.4) is 0 Å². The first-order valence-corrected chi connectivity index (χ1v) is 11.3. The third-order valence-electron chi connectivity index (χ3n) is 4.75. The van der Waals surface area contributed by atoms with E-state index < -0.39 is 9.84 Å². The van der Waals surface area contributed by atoms with Crippen molar-refractivity contribution in [3.05, 3.63) is 84.2 Å². The first-order valence-electron chi connectivity index (χ1n) is 9.80. The van der Waals surface area contributed by atoms with E-state index in [9.17, 15) is 8.42 Å². The standard InChI is InChI=1S/C24H22N2O4S/c1-3-30-22-15-17(13-14-21(22)29-2)16-23(31(27,28)18-9-5-4-6-10-18)24-25-19-11-7-8-12-20(19)26-24/h4-16H,3H2,1-2H3,(H,25,26)/b23-16+. The predicted octanol–water partition coefficient (Wildman–Crippen LogP) is 4.94. The number of hydrogen-bond acceptors (Lipinski definition) is 5. The smallest absolute Gasteiger partial charge is 0.210 e. The van der Waals surface area contributed by atoms with Gasteiger partial charge in [0, 0.05) is 0 Å². The Hall–Kier alpha value is -3.58. The van der Waals surface area contributed by atoms with E-state index in [1.165, 1.54) is 0 Å². The zero-order chi connectivity index (χ0) is 21.8. The molecule has 4 aromatic rings.